The first kappa shape index (κ1) is 41.5. The minimum Gasteiger partial charge on any atom is -0.459 e. The first-order chi connectivity index (χ1) is 27.0. The maximum Gasteiger partial charge on any atom is 0.415 e. The Morgan fingerprint density at radius 3 is 2.21 bits per heavy atom. The average molecular weight is 773 g/mol. The van der Waals surface area contributed by atoms with Crippen molar-refractivity contribution in [2.45, 2.75) is 143 Å². The molecule has 12 nitrogen and oxygen atoms in total. The fraction of sp³-hybridized carbons (Fsp3) is 0.705. The maximum absolute atomic E-state index is 14.2. The molecule has 0 bridgehead atoms. The van der Waals surface area contributed by atoms with E-state index in [4.69, 9.17) is 25.8 Å². The van der Waals surface area contributed by atoms with Crippen molar-refractivity contribution >= 4 is 34.9 Å². The summed E-state index contributed by atoms with van der Waals surface area (Å²) in [5.74, 6) is 0.655. The summed E-state index contributed by atoms with van der Waals surface area (Å²) in [4.78, 5) is 51.8. The zero-order valence-electron chi connectivity index (χ0n) is 34.6. The van der Waals surface area contributed by atoms with Crippen LogP contribution in [0.15, 0.2) is 18.2 Å². The van der Waals surface area contributed by atoms with Gasteiger partial charge in [0.05, 0.1) is 30.7 Å². The second kappa shape index (κ2) is 18.0. The molecule has 2 amide bonds. The first-order valence-electron chi connectivity index (χ1n) is 21.5. The largest absolute Gasteiger partial charge is 0.459 e. The number of carbonyl (C=O) groups excluding carboxylic acids is 3. The predicted molar refractivity (Wildman–Crippen MR) is 216 cm³/mol. The first-order valence-corrected chi connectivity index (χ1v) is 21.5. The summed E-state index contributed by atoms with van der Waals surface area (Å²) in [7, 11) is 0. The smallest absolute Gasteiger partial charge is 0.415 e. The molecular weight excluding hydrogens is 709 g/mol. The summed E-state index contributed by atoms with van der Waals surface area (Å²) in [6.45, 7) is 22.7. The number of nitrogens with one attached hydrogen (secondary N) is 2. The van der Waals surface area contributed by atoms with E-state index < -0.39 is 23.0 Å². The van der Waals surface area contributed by atoms with Gasteiger partial charge in [-0.3, -0.25) is 9.89 Å². The molecule has 0 aromatic carbocycles. The zero-order chi connectivity index (χ0) is 40.0. The van der Waals surface area contributed by atoms with Gasteiger partial charge in [0, 0.05) is 24.6 Å². The third kappa shape index (κ3) is 8.03. The second-order valence-electron chi connectivity index (χ2n) is 17.2. The fourth-order valence-electron chi connectivity index (χ4n) is 10.1. The predicted octanol–water partition coefficient (Wildman–Crippen LogP) is 9.44. The quantitative estimate of drug-likeness (QED) is 0.0752. The molecule has 5 atom stereocenters. The SMILES string of the molecule is [C-]#[N+]c1c(C(=O)OC2C(C)CC(C)CC2C)c2nc(C3=CC4(NC(=O)C4(CCCCCC)CCCCCCCC)C(C)C=C3)[nH]n2c1OC(=O)N1CCOCC1. The number of morpholine rings is 1. The normalized spacial score (nSPS) is 28.8. The van der Waals surface area contributed by atoms with Gasteiger partial charge in [-0.2, -0.15) is 0 Å². The number of hydrogen-bond acceptors (Lipinski definition) is 7. The van der Waals surface area contributed by atoms with E-state index in [2.05, 4.69) is 69.0 Å². The Bertz CT molecular complexity index is 1820. The highest BCUT2D eigenvalue weighted by molar-refractivity contribution is 6.05. The van der Waals surface area contributed by atoms with Crippen molar-refractivity contribution in [3.63, 3.8) is 0 Å². The molecule has 2 N–H and O–H groups in total. The van der Waals surface area contributed by atoms with Crippen molar-refractivity contribution in [2.75, 3.05) is 26.3 Å². The van der Waals surface area contributed by atoms with E-state index in [9.17, 15) is 14.4 Å². The van der Waals surface area contributed by atoms with Crippen LogP contribution in [0.1, 0.15) is 148 Å². The number of β-lactam (4-membered cyclic amide) rings is 1. The van der Waals surface area contributed by atoms with Gasteiger partial charge in [-0.15, -0.1) is 0 Å². The Morgan fingerprint density at radius 2 is 1.59 bits per heavy atom. The number of esters is 1. The molecule has 5 unspecified atom stereocenters. The molecule has 2 saturated heterocycles. The summed E-state index contributed by atoms with van der Waals surface area (Å²) in [6, 6.07) is 0. The number of carbonyl (C=O) groups is 3. The van der Waals surface area contributed by atoms with Crippen LogP contribution < -0.4 is 10.1 Å². The number of hydrogen-bond donors (Lipinski definition) is 2. The molecule has 12 heteroatoms. The van der Waals surface area contributed by atoms with Crippen molar-refractivity contribution in [3.05, 3.63) is 41.0 Å². The molecule has 1 saturated carbocycles. The lowest BCUT2D eigenvalue weighted by Gasteiger charge is -2.61. The Hall–Kier alpha value is -4.11. The van der Waals surface area contributed by atoms with Crippen LogP contribution in [0.5, 0.6) is 5.88 Å². The number of amides is 2. The van der Waals surface area contributed by atoms with Gasteiger partial charge in [0.15, 0.2) is 11.5 Å². The molecule has 3 fully saturated rings. The van der Waals surface area contributed by atoms with Crippen molar-refractivity contribution < 1.29 is 28.6 Å². The average Bonchev–Trinajstić information content (AvgIpc) is 3.73. The van der Waals surface area contributed by atoms with E-state index in [1.165, 1.54) is 35.1 Å². The molecule has 2 aromatic heterocycles. The van der Waals surface area contributed by atoms with Crippen LogP contribution in [-0.4, -0.2) is 75.4 Å². The monoisotopic (exact) mass is 772 g/mol. The van der Waals surface area contributed by atoms with Crippen molar-refractivity contribution in [3.8, 4) is 5.88 Å². The molecule has 4 aliphatic rings. The number of allylic oxidation sites excluding steroid dienone is 2. The molecule has 2 aliphatic carbocycles. The highest BCUT2D eigenvalue weighted by Crippen LogP contribution is 2.56. The van der Waals surface area contributed by atoms with Gasteiger partial charge in [-0.25, -0.2) is 23.9 Å². The van der Waals surface area contributed by atoms with Crippen molar-refractivity contribution in [1.29, 1.82) is 0 Å². The van der Waals surface area contributed by atoms with Gasteiger partial charge in [-0.1, -0.05) is 118 Å². The van der Waals surface area contributed by atoms with E-state index in [-0.39, 0.29) is 52.5 Å². The lowest BCUT2D eigenvalue weighted by Crippen LogP contribution is -2.78. The number of H-pyrrole nitrogens is 1. The van der Waals surface area contributed by atoms with E-state index in [1.807, 2.05) is 6.08 Å². The maximum atomic E-state index is 14.2. The fourth-order valence-corrected chi connectivity index (χ4v) is 10.1. The summed E-state index contributed by atoms with van der Waals surface area (Å²) in [5, 5.41) is 6.68. The second-order valence-corrected chi connectivity index (χ2v) is 17.2. The van der Waals surface area contributed by atoms with Gasteiger partial charge in [0.2, 0.25) is 11.8 Å². The van der Waals surface area contributed by atoms with Crippen molar-refractivity contribution in [2.24, 2.45) is 29.1 Å². The third-order valence-corrected chi connectivity index (χ3v) is 13.1. The van der Waals surface area contributed by atoms with Crippen LogP contribution in [0.2, 0.25) is 0 Å². The molecule has 56 heavy (non-hydrogen) atoms. The van der Waals surface area contributed by atoms with E-state index >= 15 is 0 Å². The van der Waals surface area contributed by atoms with Gasteiger partial charge in [-0.05, 0) is 49.5 Å². The Labute approximate surface area is 333 Å². The number of unbranched alkanes of at least 4 members (excludes halogenated alkanes) is 8. The van der Waals surface area contributed by atoms with Gasteiger partial charge >= 0.3 is 12.1 Å². The van der Waals surface area contributed by atoms with Crippen LogP contribution in [0, 0.1) is 35.7 Å². The molecule has 2 aromatic rings. The Kier molecular flexibility index (Phi) is 13.3. The lowest BCUT2D eigenvalue weighted by molar-refractivity contribution is -0.158. The number of nitrogens with zero attached hydrogens (tertiary/aromatic N) is 4. The zero-order valence-corrected chi connectivity index (χ0v) is 34.6. The third-order valence-electron chi connectivity index (χ3n) is 13.1. The highest BCUT2D eigenvalue weighted by atomic mass is 16.6. The van der Waals surface area contributed by atoms with Gasteiger partial charge in [0.25, 0.3) is 5.69 Å². The number of aromatic nitrogens is 3. The molecule has 6 rings (SSSR count). The number of aromatic amines is 1. The van der Waals surface area contributed by atoms with Crippen LogP contribution >= 0.6 is 0 Å². The van der Waals surface area contributed by atoms with E-state index in [0.717, 1.165) is 69.8 Å². The minimum atomic E-state index is -0.659. The topological polar surface area (TPSA) is 132 Å². The summed E-state index contributed by atoms with van der Waals surface area (Å²) >= 11 is 0. The van der Waals surface area contributed by atoms with Crippen LogP contribution in [0.25, 0.3) is 16.1 Å². The molecule has 4 heterocycles. The Balaban J connectivity index is 1.39. The molecule has 2 aliphatic heterocycles. The van der Waals surface area contributed by atoms with Crippen LogP contribution in [0.4, 0.5) is 10.5 Å². The van der Waals surface area contributed by atoms with Crippen molar-refractivity contribution in [1.82, 2.24) is 24.8 Å². The molecule has 0 radical (unpaired) electrons. The molecular formula is C44H64N6O6. The number of rotatable bonds is 16. The Morgan fingerprint density at radius 1 is 0.964 bits per heavy atom. The summed E-state index contributed by atoms with van der Waals surface area (Å²) in [6.07, 6.45) is 20.2. The summed E-state index contributed by atoms with van der Waals surface area (Å²) in [5.41, 5.74) is -0.399. The lowest BCUT2D eigenvalue weighted by atomic mass is 9.51. The minimum absolute atomic E-state index is 0.0286. The molecule has 306 valence electrons. The summed E-state index contributed by atoms with van der Waals surface area (Å²) < 4.78 is 19.1. The van der Waals surface area contributed by atoms with E-state index in [0.29, 0.717) is 38.0 Å². The number of fused-ring (bicyclic) bond motifs is 1. The number of ether oxygens (including phenoxy) is 3. The molecule has 1 spiro atoms. The highest BCUT2D eigenvalue weighted by Gasteiger charge is 2.65. The van der Waals surface area contributed by atoms with Crippen LogP contribution in [-0.2, 0) is 14.3 Å². The van der Waals surface area contributed by atoms with Crippen LogP contribution in [0.3, 0.4) is 0 Å². The standard InChI is InChI=1S/C44H64N6O6/c1-8-10-12-14-15-17-21-43(20-16-13-11-9-2)41(52)47-44(43)28-33(19-18-32(44)6)37-46-38-34(40(51)55-36-30(4)26-29(3)27-31(36)5)35(45-7)39(50(38)48-37)56-42(53)49-22-24-54-25-23-49/h18-19,28-32,36H,8-17,20-27H2,1-6H3,(H,46,48)(H,47,52). The van der Waals surface area contributed by atoms with E-state index in [1.54, 1.807) is 0 Å². The van der Waals surface area contributed by atoms with Gasteiger partial charge < -0.3 is 24.4 Å². The van der Waals surface area contributed by atoms with Gasteiger partial charge in [0.1, 0.15) is 11.7 Å².